The Morgan fingerprint density at radius 2 is 1.96 bits per heavy atom. The van der Waals surface area contributed by atoms with E-state index in [4.69, 9.17) is 4.74 Å². The molecule has 132 valence electrons. The Balaban J connectivity index is 2.42. The second kappa shape index (κ2) is 9.09. The van der Waals surface area contributed by atoms with Crippen molar-refractivity contribution in [3.63, 3.8) is 0 Å². The van der Waals surface area contributed by atoms with Crippen molar-refractivity contribution in [2.45, 2.75) is 6.92 Å². The zero-order chi connectivity index (χ0) is 19.3. The molecule has 0 N–H and O–H groups in total. The van der Waals surface area contributed by atoms with E-state index in [2.05, 4.69) is 45.2 Å². The van der Waals surface area contributed by atoms with Gasteiger partial charge in [0.15, 0.2) is 0 Å². The van der Waals surface area contributed by atoms with E-state index in [0.29, 0.717) is 12.2 Å². The average molecular weight is 574 g/mol. The maximum Gasteiger partial charge on any atom is 0.270 e. The van der Waals surface area contributed by atoms with E-state index >= 15 is 0 Å². The third-order valence-electron chi connectivity index (χ3n) is 3.30. The number of rotatable bonds is 6. The Morgan fingerprint density at radius 1 is 1.31 bits per heavy atom. The number of carbonyl (C=O) groups is 1. The lowest BCUT2D eigenvalue weighted by Gasteiger charge is -2.09. The second-order valence-corrected chi connectivity index (χ2v) is 7.38. The molecule has 0 radical (unpaired) electrons. The van der Waals surface area contributed by atoms with E-state index in [-0.39, 0.29) is 16.8 Å². The smallest absolute Gasteiger partial charge is 0.270 e. The number of nitriles is 1. The van der Waals surface area contributed by atoms with Gasteiger partial charge in [0.25, 0.3) is 5.69 Å². The molecule has 0 aromatic heterocycles. The minimum atomic E-state index is -0.580. The normalized spacial score (nSPS) is 10.9. The summed E-state index contributed by atoms with van der Waals surface area (Å²) in [6, 6.07) is 10.8. The van der Waals surface area contributed by atoms with Crippen LogP contribution in [0.2, 0.25) is 0 Å². The predicted molar refractivity (Wildman–Crippen MR) is 114 cm³/mol. The van der Waals surface area contributed by atoms with E-state index in [1.807, 2.05) is 25.1 Å². The van der Waals surface area contributed by atoms with Crippen LogP contribution in [0.15, 0.2) is 42.0 Å². The van der Waals surface area contributed by atoms with Gasteiger partial charge in [-0.1, -0.05) is 12.1 Å². The molecule has 0 heterocycles. The second-order valence-electron chi connectivity index (χ2n) is 5.05. The van der Waals surface area contributed by atoms with Crippen LogP contribution < -0.4 is 4.74 Å². The molecule has 0 unspecified atom stereocenters. The third-order valence-corrected chi connectivity index (χ3v) is 4.91. The van der Waals surface area contributed by atoms with Crippen molar-refractivity contribution in [2.75, 3.05) is 6.61 Å². The van der Waals surface area contributed by atoms with Crippen molar-refractivity contribution in [3.8, 4) is 11.8 Å². The molecule has 0 saturated carbocycles. The number of nitrogens with zero attached hydrogens (tertiary/aromatic N) is 2. The number of halogens is 2. The largest absolute Gasteiger partial charge is 0.492 e. The highest BCUT2D eigenvalue weighted by molar-refractivity contribution is 14.1. The molecule has 2 rings (SSSR count). The number of allylic oxidation sites excluding steroid dienone is 1. The lowest BCUT2D eigenvalue weighted by Crippen LogP contribution is -2.03. The minimum Gasteiger partial charge on any atom is -0.492 e. The first-order chi connectivity index (χ1) is 12.4. The van der Waals surface area contributed by atoms with Crippen molar-refractivity contribution < 1.29 is 14.5 Å². The molecule has 0 aliphatic carbocycles. The summed E-state index contributed by atoms with van der Waals surface area (Å²) in [4.78, 5) is 22.8. The van der Waals surface area contributed by atoms with E-state index in [1.165, 1.54) is 30.3 Å². The van der Waals surface area contributed by atoms with Crippen LogP contribution in [0.1, 0.15) is 22.8 Å². The number of carbonyl (C=O) groups excluding carboxylic acids is 1. The molecule has 0 saturated heterocycles. The van der Waals surface area contributed by atoms with Crippen LogP contribution in [-0.2, 0) is 0 Å². The first kappa shape index (κ1) is 20.3. The first-order valence-corrected chi connectivity index (χ1v) is 9.56. The van der Waals surface area contributed by atoms with Gasteiger partial charge < -0.3 is 4.74 Å². The molecule has 6 nitrogen and oxygen atoms in total. The van der Waals surface area contributed by atoms with Crippen LogP contribution in [0.4, 0.5) is 5.69 Å². The first-order valence-electron chi connectivity index (χ1n) is 7.40. The van der Waals surface area contributed by atoms with Gasteiger partial charge in [0, 0.05) is 17.7 Å². The Morgan fingerprint density at radius 3 is 2.50 bits per heavy atom. The number of Topliss-reactive ketones (excluding diaryl/α,β-unsaturated/α-hetero) is 1. The van der Waals surface area contributed by atoms with Crippen LogP contribution in [0, 0.1) is 28.6 Å². The maximum absolute atomic E-state index is 12.6. The van der Waals surface area contributed by atoms with Gasteiger partial charge in [-0.15, -0.1) is 0 Å². The molecular formula is C18H12I2N2O4. The average Bonchev–Trinajstić information content (AvgIpc) is 2.62. The molecule has 0 aliphatic heterocycles. The van der Waals surface area contributed by atoms with E-state index in [0.717, 1.165) is 12.9 Å². The molecule has 2 aromatic rings. The van der Waals surface area contributed by atoms with Crippen LogP contribution in [0.5, 0.6) is 5.75 Å². The Hall–Kier alpha value is -2.00. The monoisotopic (exact) mass is 574 g/mol. The van der Waals surface area contributed by atoms with Gasteiger partial charge in [0.05, 0.1) is 18.7 Å². The number of non-ortho nitro benzene ring substituents is 1. The lowest BCUT2D eigenvalue weighted by atomic mass is 10.0. The van der Waals surface area contributed by atoms with E-state index in [9.17, 15) is 20.2 Å². The SMILES string of the molecule is CCOc1c(I)cc(C=C(C#N)C(=O)c2cccc([N+](=O)[O-])c2)cc1I. The standard InChI is InChI=1S/C18H12I2N2O4/c1-2-26-18-15(19)7-11(8-16(18)20)6-13(10-21)17(23)12-4-3-5-14(9-12)22(24)25/h3-9H,2H2,1H3. The highest BCUT2D eigenvalue weighted by atomic mass is 127. The number of ether oxygens (including phenoxy) is 1. The summed E-state index contributed by atoms with van der Waals surface area (Å²) in [7, 11) is 0. The van der Waals surface area contributed by atoms with Crippen LogP contribution >= 0.6 is 45.2 Å². The zero-order valence-corrected chi connectivity index (χ0v) is 17.8. The van der Waals surface area contributed by atoms with Gasteiger partial charge in [-0.2, -0.15) is 5.26 Å². The lowest BCUT2D eigenvalue weighted by molar-refractivity contribution is -0.384. The molecular weight excluding hydrogens is 562 g/mol. The third kappa shape index (κ3) is 4.79. The Kier molecular flexibility index (Phi) is 7.10. The molecule has 0 amide bonds. The van der Waals surface area contributed by atoms with E-state index in [1.54, 1.807) is 0 Å². The van der Waals surface area contributed by atoms with Crippen LogP contribution in [0.3, 0.4) is 0 Å². The highest BCUT2D eigenvalue weighted by Crippen LogP contribution is 2.30. The summed E-state index contributed by atoms with van der Waals surface area (Å²) >= 11 is 4.26. The number of hydrogen-bond donors (Lipinski definition) is 0. The van der Waals surface area contributed by atoms with Crippen molar-refractivity contribution in [3.05, 3.63) is 70.4 Å². The Bertz CT molecular complexity index is 925. The zero-order valence-electron chi connectivity index (χ0n) is 13.5. The topological polar surface area (TPSA) is 93.2 Å². The molecule has 0 aliphatic rings. The summed E-state index contributed by atoms with van der Waals surface area (Å²) in [5.74, 6) is 0.199. The van der Waals surface area contributed by atoms with Gasteiger partial charge >= 0.3 is 0 Å². The molecule has 26 heavy (non-hydrogen) atoms. The number of hydrogen-bond acceptors (Lipinski definition) is 5. The fourth-order valence-electron chi connectivity index (χ4n) is 2.18. The van der Waals surface area contributed by atoms with Gasteiger partial charge in [0.1, 0.15) is 17.4 Å². The van der Waals surface area contributed by atoms with Crippen LogP contribution in [0.25, 0.3) is 6.08 Å². The van der Waals surface area contributed by atoms with Gasteiger partial charge in [-0.05, 0) is 75.9 Å². The predicted octanol–water partition coefficient (Wildman–Crippen LogP) is 4.99. The fraction of sp³-hybridized carbons (Fsp3) is 0.111. The summed E-state index contributed by atoms with van der Waals surface area (Å²) in [6.45, 7) is 2.43. The van der Waals surface area contributed by atoms with Crippen molar-refractivity contribution in [2.24, 2.45) is 0 Å². The Labute approximate surface area is 177 Å². The summed E-state index contributed by atoms with van der Waals surface area (Å²) in [6.07, 6.45) is 1.47. The fourth-order valence-corrected chi connectivity index (χ4v) is 4.30. The molecule has 0 bridgehead atoms. The highest BCUT2D eigenvalue weighted by Gasteiger charge is 2.16. The molecule has 0 spiro atoms. The molecule has 8 heteroatoms. The van der Waals surface area contributed by atoms with Gasteiger partial charge in [-0.25, -0.2) is 0 Å². The number of ketones is 1. The quantitative estimate of drug-likeness (QED) is 0.121. The number of benzene rings is 2. The van der Waals surface area contributed by atoms with Crippen molar-refractivity contribution >= 4 is 62.7 Å². The number of nitro benzene ring substituents is 1. The molecule has 0 fully saturated rings. The van der Waals surface area contributed by atoms with E-state index < -0.39 is 10.7 Å². The van der Waals surface area contributed by atoms with Gasteiger partial charge in [0.2, 0.25) is 5.78 Å². The maximum atomic E-state index is 12.6. The number of nitro groups is 1. The summed E-state index contributed by atoms with van der Waals surface area (Å²) in [5.41, 5.74) is 0.486. The van der Waals surface area contributed by atoms with Crippen LogP contribution in [-0.4, -0.2) is 17.3 Å². The summed E-state index contributed by atoms with van der Waals surface area (Å²) in [5, 5.41) is 20.2. The minimum absolute atomic E-state index is 0.0961. The van der Waals surface area contributed by atoms with Crippen molar-refractivity contribution in [1.29, 1.82) is 5.26 Å². The molecule has 0 atom stereocenters. The molecule has 2 aromatic carbocycles. The van der Waals surface area contributed by atoms with Crippen molar-refractivity contribution in [1.82, 2.24) is 0 Å². The van der Waals surface area contributed by atoms with Gasteiger partial charge in [-0.3, -0.25) is 14.9 Å². The summed E-state index contributed by atoms with van der Waals surface area (Å²) < 4.78 is 7.30.